The molecule has 16 heavy (non-hydrogen) atoms. The minimum absolute atomic E-state index is 0.251. The zero-order valence-corrected chi connectivity index (χ0v) is 10.7. The molecule has 0 spiro atoms. The Labute approximate surface area is 99.4 Å². The standard InChI is InChI=1S/C12H28N2O2/c1-3-11(5-9-15)13-7-8-14-12(4-2)6-10-16/h11-16H,3-10H2,1-2H3/t11-,12-/m0/s1. The van der Waals surface area contributed by atoms with E-state index in [4.69, 9.17) is 10.2 Å². The Bertz CT molecular complexity index is 129. The van der Waals surface area contributed by atoms with Crippen molar-refractivity contribution in [3.8, 4) is 0 Å². The third-order valence-electron chi connectivity index (χ3n) is 2.93. The Morgan fingerprint density at radius 1 is 0.812 bits per heavy atom. The molecule has 2 atom stereocenters. The lowest BCUT2D eigenvalue weighted by molar-refractivity contribution is 0.256. The SMILES string of the molecule is CC[C@@H](CCO)NCCN[C@@H](CC)CCO. The van der Waals surface area contributed by atoms with Crippen molar-refractivity contribution >= 4 is 0 Å². The fourth-order valence-corrected chi connectivity index (χ4v) is 1.77. The van der Waals surface area contributed by atoms with Gasteiger partial charge in [-0.15, -0.1) is 0 Å². The Kier molecular flexibility index (Phi) is 11.2. The van der Waals surface area contributed by atoms with Gasteiger partial charge in [0.15, 0.2) is 0 Å². The van der Waals surface area contributed by atoms with Gasteiger partial charge in [-0.25, -0.2) is 0 Å². The van der Waals surface area contributed by atoms with Crippen LogP contribution in [0, 0.1) is 0 Å². The van der Waals surface area contributed by atoms with Crippen LogP contribution < -0.4 is 10.6 Å². The van der Waals surface area contributed by atoms with Crippen molar-refractivity contribution in [2.24, 2.45) is 0 Å². The first kappa shape index (κ1) is 15.8. The molecule has 0 saturated heterocycles. The Morgan fingerprint density at radius 3 is 1.44 bits per heavy atom. The van der Waals surface area contributed by atoms with Gasteiger partial charge in [-0.05, 0) is 25.7 Å². The number of hydrogen-bond acceptors (Lipinski definition) is 4. The fourth-order valence-electron chi connectivity index (χ4n) is 1.77. The number of rotatable bonds is 11. The van der Waals surface area contributed by atoms with Crippen molar-refractivity contribution in [3.05, 3.63) is 0 Å². The molecule has 0 aliphatic carbocycles. The van der Waals surface area contributed by atoms with Gasteiger partial charge in [-0.2, -0.15) is 0 Å². The molecule has 4 N–H and O–H groups in total. The van der Waals surface area contributed by atoms with Crippen LogP contribution in [0.5, 0.6) is 0 Å². The summed E-state index contributed by atoms with van der Waals surface area (Å²) in [4.78, 5) is 0. The molecule has 0 unspecified atom stereocenters. The second kappa shape index (κ2) is 11.3. The van der Waals surface area contributed by atoms with E-state index in [1.54, 1.807) is 0 Å². The number of hydrogen-bond donors (Lipinski definition) is 4. The maximum absolute atomic E-state index is 8.84. The Morgan fingerprint density at radius 2 is 1.19 bits per heavy atom. The summed E-state index contributed by atoms with van der Waals surface area (Å²) in [7, 11) is 0. The normalized spacial score (nSPS) is 15.0. The summed E-state index contributed by atoms with van der Waals surface area (Å²) in [6, 6.07) is 0.842. The molecule has 0 aliphatic rings. The van der Waals surface area contributed by atoms with Crippen LogP contribution in [0.3, 0.4) is 0 Å². The predicted molar refractivity (Wildman–Crippen MR) is 67.6 cm³/mol. The molecule has 0 aromatic carbocycles. The van der Waals surface area contributed by atoms with E-state index < -0.39 is 0 Å². The van der Waals surface area contributed by atoms with Gasteiger partial charge >= 0.3 is 0 Å². The van der Waals surface area contributed by atoms with Crippen molar-refractivity contribution in [1.82, 2.24) is 10.6 Å². The molecule has 0 aromatic rings. The highest BCUT2D eigenvalue weighted by Crippen LogP contribution is 1.97. The molecule has 0 fully saturated rings. The highest BCUT2D eigenvalue weighted by Gasteiger charge is 2.06. The third-order valence-corrected chi connectivity index (χ3v) is 2.93. The van der Waals surface area contributed by atoms with E-state index in [1.807, 2.05) is 0 Å². The first-order valence-electron chi connectivity index (χ1n) is 6.46. The van der Waals surface area contributed by atoms with E-state index in [-0.39, 0.29) is 13.2 Å². The predicted octanol–water partition coefficient (Wildman–Crippen LogP) is 0.488. The number of nitrogens with one attached hydrogen (secondary N) is 2. The van der Waals surface area contributed by atoms with Crippen LogP contribution >= 0.6 is 0 Å². The quantitative estimate of drug-likeness (QED) is 0.391. The van der Waals surface area contributed by atoms with Crippen molar-refractivity contribution in [2.75, 3.05) is 26.3 Å². The van der Waals surface area contributed by atoms with Crippen molar-refractivity contribution in [1.29, 1.82) is 0 Å². The molecule has 0 aliphatic heterocycles. The van der Waals surface area contributed by atoms with Crippen LogP contribution in [0.2, 0.25) is 0 Å². The topological polar surface area (TPSA) is 64.5 Å². The summed E-state index contributed by atoms with van der Waals surface area (Å²) in [5.74, 6) is 0. The summed E-state index contributed by atoms with van der Waals surface area (Å²) < 4.78 is 0. The summed E-state index contributed by atoms with van der Waals surface area (Å²) in [5.41, 5.74) is 0. The molecule has 0 saturated carbocycles. The largest absolute Gasteiger partial charge is 0.396 e. The molecular weight excluding hydrogens is 204 g/mol. The van der Waals surface area contributed by atoms with Gasteiger partial charge in [0.05, 0.1) is 0 Å². The summed E-state index contributed by atoms with van der Waals surface area (Å²) >= 11 is 0. The third kappa shape index (κ3) is 8.05. The van der Waals surface area contributed by atoms with Gasteiger partial charge in [-0.1, -0.05) is 13.8 Å². The van der Waals surface area contributed by atoms with Crippen LogP contribution in [0.25, 0.3) is 0 Å². The van der Waals surface area contributed by atoms with Crippen molar-refractivity contribution < 1.29 is 10.2 Å². The van der Waals surface area contributed by atoms with E-state index in [0.29, 0.717) is 12.1 Å². The average Bonchev–Trinajstić information content (AvgIpc) is 2.31. The minimum Gasteiger partial charge on any atom is -0.396 e. The molecule has 0 rings (SSSR count). The van der Waals surface area contributed by atoms with Crippen LogP contribution in [0.15, 0.2) is 0 Å². The van der Waals surface area contributed by atoms with Gasteiger partial charge in [0, 0.05) is 38.4 Å². The zero-order valence-electron chi connectivity index (χ0n) is 10.7. The number of aliphatic hydroxyl groups is 2. The van der Waals surface area contributed by atoms with Gasteiger partial charge in [-0.3, -0.25) is 0 Å². The molecule has 0 heterocycles. The van der Waals surface area contributed by atoms with Crippen molar-refractivity contribution in [2.45, 2.75) is 51.6 Å². The molecule has 0 amide bonds. The summed E-state index contributed by atoms with van der Waals surface area (Å²) in [5, 5.41) is 24.5. The highest BCUT2D eigenvalue weighted by atomic mass is 16.3. The Hall–Kier alpha value is -0.160. The number of aliphatic hydroxyl groups excluding tert-OH is 2. The molecule has 4 heteroatoms. The second-order valence-corrected chi connectivity index (χ2v) is 4.14. The minimum atomic E-state index is 0.251. The lowest BCUT2D eigenvalue weighted by Gasteiger charge is -2.19. The van der Waals surface area contributed by atoms with E-state index in [2.05, 4.69) is 24.5 Å². The van der Waals surface area contributed by atoms with E-state index in [1.165, 1.54) is 0 Å². The maximum Gasteiger partial charge on any atom is 0.0445 e. The van der Waals surface area contributed by atoms with Crippen LogP contribution in [-0.2, 0) is 0 Å². The maximum atomic E-state index is 8.84. The average molecular weight is 232 g/mol. The van der Waals surface area contributed by atoms with Gasteiger partial charge in [0.25, 0.3) is 0 Å². The van der Waals surface area contributed by atoms with Gasteiger partial charge in [0.1, 0.15) is 0 Å². The fraction of sp³-hybridized carbons (Fsp3) is 1.00. The first-order chi connectivity index (χ1) is 7.78. The smallest absolute Gasteiger partial charge is 0.0445 e. The molecule has 98 valence electrons. The van der Waals surface area contributed by atoms with Gasteiger partial charge < -0.3 is 20.8 Å². The monoisotopic (exact) mass is 232 g/mol. The van der Waals surface area contributed by atoms with E-state index in [0.717, 1.165) is 38.8 Å². The van der Waals surface area contributed by atoms with E-state index >= 15 is 0 Å². The molecular formula is C12H28N2O2. The molecule has 4 nitrogen and oxygen atoms in total. The zero-order chi connectivity index (χ0) is 12.2. The van der Waals surface area contributed by atoms with Crippen LogP contribution in [0.1, 0.15) is 39.5 Å². The molecule has 0 radical (unpaired) electrons. The van der Waals surface area contributed by atoms with E-state index in [9.17, 15) is 0 Å². The molecule has 0 bridgehead atoms. The van der Waals surface area contributed by atoms with Crippen molar-refractivity contribution in [3.63, 3.8) is 0 Å². The first-order valence-corrected chi connectivity index (χ1v) is 6.46. The summed E-state index contributed by atoms with van der Waals surface area (Å²) in [6.07, 6.45) is 3.75. The van der Waals surface area contributed by atoms with Gasteiger partial charge in [0.2, 0.25) is 0 Å². The van der Waals surface area contributed by atoms with Crippen LogP contribution in [0.4, 0.5) is 0 Å². The highest BCUT2D eigenvalue weighted by molar-refractivity contribution is 4.68. The lowest BCUT2D eigenvalue weighted by Crippen LogP contribution is -2.39. The Balaban J connectivity index is 3.48. The second-order valence-electron chi connectivity index (χ2n) is 4.14. The van der Waals surface area contributed by atoms with Crippen LogP contribution in [-0.4, -0.2) is 48.6 Å². The lowest BCUT2D eigenvalue weighted by atomic mass is 10.1. The molecule has 0 aromatic heterocycles. The summed E-state index contributed by atoms with van der Waals surface area (Å²) in [6.45, 7) is 6.59.